The number of aromatic nitrogens is 2. The molecule has 0 aliphatic carbocycles. The van der Waals surface area contributed by atoms with Crippen molar-refractivity contribution in [3.63, 3.8) is 0 Å². The lowest BCUT2D eigenvalue weighted by atomic mass is 10.1. The third kappa shape index (κ3) is 12.5. The van der Waals surface area contributed by atoms with Crippen LogP contribution in [0.3, 0.4) is 0 Å². The average molecular weight is 747 g/mol. The fraction of sp³-hybridized carbons (Fsp3) is 0.278. The first kappa shape index (κ1) is 37.8. The number of nitrogens with zero attached hydrogens (tertiary/aromatic N) is 4. The van der Waals surface area contributed by atoms with Crippen LogP contribution >= 0.6 is 0 Å². The molecule has 0 aliphatic rings. The van der Waals surface area contributed by atoms with Crippen molar-refractivity contribution in [3.05, 3.63) is 120 Å². The first-order chi connectivity index (χ1) is 21.5. The van der Waals surface area contributed by atoms with E-state index < -0.39 is 0 Å². The van der Waals surface area contributed by atoms with Gasteiger partial charge in [-0.25, -0.2) is 9.13 Å². The van der Waals surface area contributed by atoms with Gasteiger partial charge in [-0.1, -0.05) is 25.7 Å². The highest BCUT2D eigenvalue weighted by Gasteiger charge is 2.10. The quantitative estimate of drug-likeness (QED) is 0.135. The lowest BCUT2D eigenvalue weighted by molar-refractivity contribution is -0.697. The maximum Gasteiger partial charge on any atom is 0.256 e. The number of hydrogen-bond acceptors (Lipinski definition) is 4. The molecule has 0 fully saturated rings. The number of aryl methyl sites for hydroxylation is 2. The van der Waals surface area contributed by atoms with Crippen LogP contribution < -0.4 is 53.7 Å². The Bertz CT molecular complexity index is 1470. The van der Waals surface area contributed by atoms with Crippen LogP contribution in [0.15, 0.2) is 97.6 Å². The van der Waals surface area contributed by atoms with Gasteiger partial charge in [0, 0.05) is 48.5 Å². The monoisotopic (exact) mass is 744 g/mol. The molecule has 0 aliphatic heterocycles. The lowest BCUT2D eigenvalue weighted by Gasteiger charge is -2.05. The molecule has 8 nitrogen and oxygen atoms in total. The first-order valence-electron chi connectivity index (χ1n) is 15.2. The van der Waals surface area contributed by atoms with Crippen molar-refractivity contribution in [2.45, 2.75) is 64.5 Å². The molecule has 0 unspecified atom stereocenters. The van der Waals surface area contributed by atoms with Crippen LogP contribution in [0.25, 0.3) is 0 Å². The maximum atomic E-state index is 12.5. The Kier molecular flexibility index (Phi) is 16.9. The van der Waals surface area contributed by atoms with Crippen LogP contribution in [-0.4, -0.2) is 11.8 Å². The second-order valence-corrected chi connectivity index (χ2v) is 10.8. The summed E-state index contributed by atoms with van der Waals surface area (Å²) >= 11 is 0. The molecule has 2 heterocycles. The third-order valence-corrected chi connectivity index (χ3v) is 7.43. The van der Waals surface area contributed by atoms with E-state index in [4.69, 9.17) is 10.5 Å². The van der Waals surface area contributed by atoms with Crippen molar-refractivity contribution in [1.82, 2.24) is 0 Å². The first-order valence-corrected chi connectivity index (χ1v) is 15.2. The smallest absolute Gasteiger partial charge is 0.256 e. The molecular weight excluding hydrogens is 708 g/mol. The number of nitriles is 2. The molecule has 4 rings (SSSR count). The molecular formula is C36H38Br2N6O2. The van der Waals surface area contributed by atoms with Gasteiger partial charge in [-0.05, 0) is 61.4 Å². The second-order valence-electron chi connectivity index (χ2n) is 10.8. The van der Waals surface area contributed by atoms with Crippen molar-refractivity contribution in [1.29, 1.82) is 10.5 Å². The third-order valence-electron chi connectivity index (χ3n) is 7.43. The topological polar surface area (TPSA) is 114 Å². The number of amides is 2. The molecule has 238 valence electrons. The number of carbonyl (C=O) groups excluding carboxylic acids is 2. The molecule has 0 saturated carbocycles. The summed E-state index contributed by atoms with van der Waals surface area (Å²) < 4.78 is 4.23. The van der Waals surface area contributed by atoms with Gasteiger partial charge >= 0.3 is 0 Å². The Hall–Kier alpha value is -4.38. The molecule has 0 radical (unpaired) electrons. The normalized spacial score (nSPS) is 9.96. The summed E-state index contributed by atoms with van der Waals surface area (Å²) in [5.74, 6) is -0.334. The maximum absolute atomic E-state index is 12.5. The Labute approximate surface area is 292 Å². The summed E-state index contributed by atoms with van der Waals surface area (Å²) in [6.07, 6.45) is 17.3. The number of pyridine rings is 2. The summed E-state index contributed by atoms with van der Waals surface area (Å²) in [5.41, 5.74) is 3.66. The van der Waals surface area contributed by atoms with E-state index >= 15 is 0 Å². The zero-order chi connectivity index (χ0) is 31.0. The van der Waals surface area contributed by atoms with Gasteiger partial charge in [-0.2, -0.15) is 10.5 Å². The standard InChI is InChI=1S/C36H36N6O2.2BrH/c37-27-29-9-13-33(14-10-29)39-35(43)31-17-23-41(24-18-31)21-7-5-3-1-2-4-6-8-22-42-25-19-32(20-26-42)36(44)40-34-15-11-30(28-38)12-16-34;;/h9-20,23-26H,1-8,21-22H2;2*1H. The fourth-order valence-corrected chi connectivity index (χ4v) is 4.83. The largest absolute Gasteiger partial charge is 1.00 e. The summed E-state index contributed by atoms with van der Waals surface area (Å²) in [4.78, 5) is 24.9. The zero-order valence-electron chi connectivity index (χ0n) is 25.7. The van der Waals surface area contributed by atoms with E-state index in [1.807, 2.05) is 49.1 Å². The number of hydrogen-bond donors (Lipinski definition) is 2. The molecule has 2 aromatic carbocycles. The lowest BCUT2D eigenvalue weighted by Crippen LogP contribution is -3.00. The molecule has 0 bridgehead atoms. The predicted octanol–water partition coefficient (Wildman–Crippen LogP) is 0.339. The molecule has 2 amide bonds. The number of carbonyl (C=O) groups is 2. The van der Waals surface area contributed by atoms with Gasteiger partial charge in [0.1, 0.15) is 13.1 Å². The number of nitrogens with one attached hydrogen (secondary N) is 2. The van der Waals surface area contributed by atoms with E-state index in [2.05, 4.69) is 31.9 Å². The molecule has 4 aromatic rings. The summed E-state index contributed by atoms with van der Waals surface area (Å²) in [7, 11) is 0. The van der Waals surface area contributed by atoms with E-state index in [0.29, 0.717) is 33.6 Å². The molecule has 0 saturated heterocycles. The highest BCUT2D eigenvalue weighted by Crippen LogP contribution is 2.13. The highest BCUT2D eigenvalue weighted by molar-refractivity contribution is 6.04. The summed E-state index contributed by atoms with van der Waals surface area (Å²) in [6.45, 7) is 1.87. The van der Waals surface area contributed by atoms with Crippen LogP contribution in [0.2, 0.25) is 0 Å². The van der Waals surface area contributed by atoms with Crippen LogP contribution in [-0.2, 0) is 13.1 Å². The van der Waals surface area contributed by atoms with E-state index in [-0.39, 0.29) is 45.8 Å². The van der Waals surface area contributed by atoms with E-state index in [9.17, 15) is 9.59 Å². The van der Waals surface area contributed by atoms with Crippen LogP contribution in [0.1, 0.15) is 83.2 Å². The van der Waals surface area contributed by atoms with E-state index in [0.717, 1.165) is 25.9 Å². The number of anilines is 2. The van der Waals surface area contributed by atoms with Crippen molar-refractivity contribution in [3.8, 4) is 12.1 Å². The van der Waals surface area contributed by atoms with Gasteiger partial charge in [-0.15, -0.1) is 0 Å². The molecule has 46 heavy (non-hydrogen) atoms. The van der Waals surface area contributed by atoms with Crippen LogP contribution in [0.5, 0.6) is 0 Å². The number of benzene rings is 2. The van der Waals surface area contributed by atoms with E-state index in [1.54, 1.807) is 48.5 Å². The fourth-order valence-electron chi connectivity index (χ4n) is 4.83. The minimum Gasteiger partial charge on any atom is -1.00 e. The molecule has 2 aromatic heterocycles. The van der Waals surface area contributed by atoms with Gasteiger partial charge in [0.15, 0.2) is 24.8 Å². The van der Waals surface area contributed by atoms with Gasteiger partial charge < -0.3 is 44.6 Å². The zero-order valence-corrected chi connectivity index (χ0v) is 28.8. The van der Waals surface area contributed by atoms with Gasteiger partial charge in [0.25, 0.3) is 11.8 Å². The minimum absolute atomic E-state index is 0. The average Bonchev–Trinajstić information content (AvgIpc) is 3.06. The number of halogens is 2. The number of unbranched alkanes of at least 4 members (excludes halogenated alkanes) is 7. The Morgan fingerprint density at radius 2 is 0.804 bits per heavy atom. The van der Waals surface area contributed by atoms with Crippen molar-refractivity contribution < 1.29 is 52.7 Å². The van der Waals surface area contributed by atoms with Gasteiger partial charge in [0.2, 0.25) is 0 Å². The predicted molar refractivity (Wildman–Crippen MR) is 168 cm³/mol. The van der Waals surface area contributed by atoms with Gasteiger partial charge in [0.05, 0.1) is 34.4 Å². The molecule has 0 spiro atoms. The van der Waals surface area contributed by atoms with Gasteiger partial charge in [-0.3, -0.25) is 9.59 Å². The molecule has 2 N–H and O–H groups in total. The Morgan fingerprint density at radius 3 is 1.11 bits per heavy atom. The summed E-state index contributed by atoms with van der Waals surface area (Å²) in [5, 5.41) is 23.5. The van der Waals surface area contributed by atoms with Crippen LogP contribution in [0, 0.1) is 22.7 Å². The van der Waals surface area contributed by atoms with Crippen molar-refractivity contribution in [2.24, 2.45) is 0 Å². The van der Waals surface area contributed by atoms with Crippen molar-refractivity contribution in [2.75, 3.05) is 10.6 Å². The SMILES string of the molecule is N#Cc1ccc(NC(=O)c2cc[n+](CCCCCCCCCC[n+]3ccc(C(=O)Nc4ccc(C#N)cc4)cc3)cc2)cc1.[Br-].[Br-]. The highest BCUT2D eigenvalue weighted by atomic mass is 79.9. The van der Waals surface area contributed by atoms with Crippen LogP contribution in [0.4, 0.5) is 11.4 Å². The summed E-state index contributed by atoms with van der Waals surface area (Å²) in [6, 6.07) is 25.1. The molecule has 10 heteroatoms. The molecule has 0 atom stereocenters. The Morgan fingerprint density at radius 1 is 0.500 bits per heavy atom. The van der Waals surface area contributed by atoms with E-state index in [1.165, 1.54) is 38.5 Å². The number of rotatable bonds is 15. The van der Waals surface area contributed by atoms with Crippen molar-refractivity contribution >= 4 is 23.2 Å². The Balaban J connectivity index is 0.00000368. The minimum atomic E-state index is -0.167. The second kappa shape index (κ2) is 20.6.